The van der Waals surface area contributed by atoms with Crippen molar-refractivity contribution in [2.45, 2.75) is 45.3 Å². The second kappa shape index (κ2) is 9.09. The molecule has 2 saturated heterocycles. The first-order chi connectivity index (χ1) is 14.2. The minimum atomic E-state index is -0.370. The largest absolute Gasteiger partial charge is 0.356 e. The molecule has 6 heteroatoms. The smallest absolute Gasteiger partial charge is 0.171 e. The highest BCUT2D eigenvalue weighted by molar-refractivity contribution is 5.62. The molecule has 2 aliphatic heterocycles. The molecule has 0 unspecified atom stereocenters. The van der Waals surface area contributed by atoms with Crippen LogP contribution in [0.1, 0.15) is 39.5 Å². The number of benzene rings is 1. The molecule has 6 nitrogen and oxygen atoms in total. The monoisotopic (exact) mass is 396 g/mol. The Hall–Kier alpha value is -2.18. The highest BCUT2D eigenvalue weighted by Crippen LogP contribution is 2.34. The zero-order valence-electron chi connectivity index (χ0n) is 17.6. The van der Waals surface area contributed by atoms with Gasteiger partial charge in [-0.2, -0.15) is 0 Å². The molecule has 3 heterocycles. The number of hydrogen-bond acceptors (Lipinski definition) is 6. The van der Waals surface area contributed by atoms with Crippen LogP contribution in [0.4, 0.5) is 11.6 Å². The van der Waals surface area contributed by atoms with Crippen molar-refractivity contribution in [1.29, 1.82) is 0 Å². The molecule has 156 valence electrons. The van der Waals surface area contributed by atoms with Gasteiger partial charge in [-0.05, 0) is 12.8 Å². The Morgan fingerprint density at radius 3 is 2.24 bits per heavy atom. The minimum absolute atomic E-state index is 0.370. The molecule has 4 rings (SSSR count). The lowest BCUT2D eigenvalue weighted by Crippen LogP contribution is -2.45. The quantitative estimate of drug-likeness (QED) is 0.702. The maximum atomic E-state index is 5.89. The van der Waals surface area contributed by atoms with Gasteiger partial charge in [-0.3, -0.25) is 0 Å². The van der Waals surface area contributed by atoms with Crippen LogP contribution in [-0.4, -0.2) is 55.1 Å². The maximum Gasteiger partial charge on any atom is 0.171 e. The number of piperidine rings is 1. The highest BCUT2D eigenvalue weighted by Gasteiger charge is 2.40. The first-order valence-corrected chi connectivity index (χ1v) is 11.0. The normalized spacial score (nSPS) is 18.3. The molecule has 1 aromatic heterocycles. The summed E-state index contributed by atoms with van der Waals surface area (Å²) in [5.74, 6) is 2.44. The van der Waals surface area contributed by atoms with E-state index in [0.717, 1.165) is 74.9 Å². The molecule has 2 fully saturated rings. The number of ether oxygens (including phenoxy) is 2. The van der Waals surface area contributed by atoms with Gasteiger partial charge in [0.25, 0.3) is 0 Å². The lowest BCUT2D eigenvalue weighted by molar-refractivity contribution is -0.169. The van der Waals surface area contributed by atoms with Gasteiger partial charge in [0.05, 0.1) is 13.2 Å². The van der Waals surface area contributed by atoms with Crippen LogP contribution in [0.3, 0.4) is 0 Å². The zero-order chi connectivity index (χ0) is 20.1. The number of rotatable bonds is 7. The third-order valence-electron chi connectivity index (χ3n) is 5.70. The summed E-state index contributed by atoms with van der Waals surface area (Å²) in [5.41, 5.74) is 1.06. The predicted octanol–water partition coefficient (Wildman–Crippen LogP) is 4.11. The average molecular weight is 397 g/mol. The molecule has 0 saturated carbocycles. The lowest BCUT2D eigenvalue weighted by Gasteiger charge is -2.38. The third-order valence-corrected chi connectivity index (χ3v) is 5.70. The molecular weight excluding hydrogens is 364 g/mol. The van der Waals surface area contributed by atoms with Crippen molar-refractivity contribution in [1.82, 2.24) is 9.97 Å². The van der Waals surface area contributed by atoms with Gasteiger partial charge in [0.2, 0.25) is 0 Å². The fourth-order valence-electron chi connectivity index (χ4n) is 4.21. The van der Waals surface area contributed by atoms with Gasteiger partial charge in [-0.25, -0.2) is 9.97 Å². The second-order valence-electron chi connectivity index (χ2n) is 7.86. The van der Waals surface area contributed by atoms with Gasteiger partial charge >= 0.3 is 0 Å². The minimum Gasteiger partial charge on any atom is -0.356 e. The van der Waals surface area contributed by atoms with Gasteiger partial charge in [0.15, 0.2) is 11.6 Å². The molecule has 0 radical (unpaired) electrons. The summed E-state index contributed by atoms with van der Waals surface area (Å²) in [6.45, 7) is 9.62. The molecule has 0 N–H and O–H groups in total. The fourth-order valence-corrected chi connectivity index (χ4v) is 4.21. The summed E-state index contributed by atoms with van der Waals surface area (Å²) < 4.78 is 11.8. The molecule has 2 aliphatic rings. The van der Waals surface area contributed by atoms with Crippen molar-refractivity contribution >= 4 is 11.6 Å². The standard InChI is InChI=1S/C23H32N4O2/c1-3-12-26(13-4-2)20-18-21(25-22(24-20)19-8-6-5-7-9-19)27-14-10-23(11-15-27)28-16-17-29-23/h5-9,18H,3-4,10-17H2,1-2H3. The Bertz CT molecular complexity index is 777. The Balaban J connectivity index is 1.64. The van der Waals surface area contributed by atoms with Crippen LogP contribution in [-0.2, 0) is 9.47 Å². The van der Waals surface area contributed by atoms with E-state index in [9.17, 15) is 0 Å². The van der Waals surface area contributed by atoms with E-state index in [1.165, 1.54) is 0 Å². The van der Waals surface area contributed by atoms with Crippen LogP contribution in [0.15, 0.2) is 36.4 Å². The Kier molecular flexibility index (Phi) is 6.31. The molecule has 0 atom stereocenters. The molecule has 2 aromatic rings. The van der Waals surface area contributed by atoms with E-state index in [1.807, 2.05) is 18.2 Å². The summed E-state index contributed by atoms with van der Waals surface area (Å²) in [6, 6.07) is 12.4. The van der Waals surface area contributed by atoms with Gasteiger partial charge in [0.1, 0.15) is 11.6 Å². The van der Waals surface area contributed by atoms with E-state index >= 15 is 0 Å². The first-order valence-electron chi connectivity index (χ1n) is 11.0. The van der Waals surface area contributed by atoms with E-state index in [2.05, 4.69) is 41.8 Å². The van der Waals surface area contributed by atoms with Crippen LogP contribution in [0, 0.1) is 0 Å². The first kappa shape index (κ1) is 20.1. The van der Waals surface area contributed by atoms with Crippen LogP contribution in [0.2, 0.25) is 0 Å². The molecule has 29 heavy (non-hydrogen) atoms. The van der Waals surface area contributed by atoms with E-state index in [4.69, 9.17) is 19.4 Å². The zero-order valence-corrected chi connectivity index (χ0v) is 17.6. The maximum absolute atomic E-state index is 5.89. The SMILES string of the molecule is CCCN(CCC)c1cc(N2CCC3(CC2)OCCO3)nc(-c2ccccc2)n1. The number of aromatic nitrogens is 2. The number of hydrogen-bond donors (Lipinski definition) is 0. The summed E-state index contributed by atoms with van der Waals surface area (Å²) in [6.07, 6.45) is 3.95. The topological polar surface area (TPSA) is 50.7 Å². The summed E-state index contributed by atoms with van der Waals surface area (Å²) in [5, 5.41) is 0. The highest BCUT2D eigenvalue weighted by atomic mass is 16.7. The van der Waals surface area contributed by atoms with Gasteiger partial charge in [0, 0.05) is 50.7 Å². The number of nitrogens with zero attached hydrogens (tertiary/aromatic N) is 4. The predicted molar refractivity (Wildman–Crippen MR) is 116 cm³/mol. The molecule has 0 amide bonds. The van der Waals surface area contributed by atoms with Crippen LogP contribution < -0.4 is 9.80 Å². The van der Waals surface area contributed by atoms with Crippen molar-refractivity contribution in [3.05, 3.63) is 36.4 Å². The van der Waals surface area contributed by atoms with Crippen molar-refractivity contribution in [2.75, 3.05) is 49.2 Å². The Morgan fingerprint density at radius 2 is 1.62 bits per heavy atom. The van der Waals surface area contributed by atoms with Gasteiger partial charge in [-0.15, -0.1) is 0 Å². The van der Waals surface area contributed by atoms with Crippen LogP contribution in [0.5, 0.6) is 0 Å². The summed E-state index contributed by atoms with van der Waals surface area (Å²) >= 11 is 0. The average Bonchev–Trinajstić information content (AvgIpc) is 3.22. The van der Waals surface area contributed by atoms with Gasteiger partial charge < -0.3 is 19.3 Å². The van der Waals surface area contributed by atoms with Crippen molar-refractivity contribution in [3.8, 4) is 11.4 Å². The van der Waals surface area contributed by atoms with Crippen molar-refractivity contribution < 1.29 is 9.47 Å². The van der Waals surface area contributed by atoms with Crippen LogP contribution >= 0.6 is 0 Å². The summed E-state index contributed by atoms with van der Waals surface area (Å²) in [4.78, 5) is 14.6. The van der Waals surface area contributed by atoms with E-state index in [-0.39, 0.29) is 5.79 Å². The van der Waals surface area contributed by atoms with Gasteiger partial charge in [-0.1, -0.05) is 44.2 Å². The molecule has 0 bridgehead atoms. The third kappa shape index (κ3) is 4.54. The Morgan fingerprint density at radius 1 is 0.966 bits per heavy atom. The fraction of sp³-hybridized carbons (Fsp3) is 0.565. The van der Waals surface area contributed by atoms with E-state index in [1.54, 1.807) is 0 Å². The molecule has 0 aliphatic carbocycles. The van der Waals surface area contributed by atoms with Crippen molar-refractivity contribution in [2.24, 2.45) is 0 Å². The van der Waals surface area contributed by atoms with E-state index < -0.39 is 0 Å². The van der Waals surface area contributed by atoms with Crippen molar-refractivity contribution in [3.63, 3.8) is 0 Å². The van der Waals surface area contributed by atoms with E-state index in [0.29, 0.717) is 13.2 Å². The molecule has 1 spiro atoms. The lowest BCUT2D eigenvalue weighted by atomic mass is 10.0. The number of anilines is 2. The second-order valence-corrected chi connectivity index (χ2v) is 7.86. The molecule has 1 aromatic carbocycles. The summed E-state index contributed by atoms with van der Waals surface area (Å²) in [7, 11) is 0. The molecular formula is C23H32N4O2. The Labute approximate surface area is 173 Å². The van der Waals surface area contributed by atoms with Crippen LogP contribution in [0.25, 0.3) is 11.4 Å².